The molecule has 0 spiro atoms. The predicted octanol–water partition coefficient (Wildman–Crippen LogP) is 4.96. The van der Waals surface area contributed by atoms with E-state index in [1.165, 1.54) is 3.92 Å². The first-order chi connectivity index (χ1) is 17.7. The number of hydrazine groups is 2. The maximum absolute atomic E-state index is 6.05. The van der Waals surface area contributed by atoms with Crippen molar-refractivity contribution in [1.29, 1.82) is 0 Å². The van der Waals surface area contributed by atoms with Gasteiger partial charge >= 0.3 is 0 Å². The molecule has 4 rings (SSSR count). The summed E-state index contributed by atoms with van der Waals surface area (Å²) in [5, 5.41) is 8.58. The molecule has 4 heterocycles. The summed E-state index contributed by atoms with van der Waals surface area (Å²) >= 11 is 8.31. The Labute approximate surface area is 262 Å². The average molecular weight is 713 g/mol. The van der Waals surface area contributed by atoms with Crippen molar-refractivity contribution in [3.63, 3.8) is 0 Å². The topological polar surface area (TPSA) is 176 Å². The van der Waals surface area contributed by atoms with Gasteiger partial charge in [0.15, 0.2) is 5.82 Å². The molecule has 0 saturated heterocycles. The first kappa shape index (κ1) is 39.3. The Morgan fingerprint density at radius 2 is 1.28 bits per heavy atom. The number of nitrogens with zero attached hydrogens (tertiary/aromatic N) is 6. The standard InChI is InChI=1S/C10H13ClN4.C10H16N6.C3H6I.CH4.H4N2.V/c1-3-5-12-10-13-8(11)7-4-6-15(2)9(7)14-10;1-3-5-12-10-13-8(15-11)7-4-6-16(2)9(7)14-10;1-3(2)4;;1-2;/h4,6H,3,5H2,1-2H3,(H,12,13,14);4,6H,3,5,11H2,1-2H3,(H2,12,13,14,15);1-2H3;1H4;1-2H2;/q;;-1;;;. The zero-order valence-corrected chi connectivity index (χ0v) is 27.1. The van der Waals surface area contributed by atoms with Gasteiger partial charge in [-0.2, -0.15) is 28.8 Å². The quantitative estimate of drug-likeness (QED) is 0.0505. The van der Waals surface area contributed by atoms with Crippen molar-refractivity contribution in [3.05, 3.63) is 33.6 Å². The van der Waals surface area contributed by atoms with Crippen LogP contribution in [-0.4, -0.2) is 42.2 Å². The first-order valence-corrected chi connectivity index (χ1v) is 13.2. The van der Waals surface area contributed by atoms with Crippen molar-refractivity contribution in [1.82, 2.24) is 29.1 Å². The van der Waals surface area contributed by atoms with Crippen LogP contribution in [0.3, 0.4) is 0 Å². The first-order valence-electron chi connectivity index (χ1n) is 11.8. The molecule has 0 fully saturated rings. The van der Waals surface area contributed by atoms with E-state index < -0.39 is 0 Å². The third kappa shape index (κ3) is 12.5. The number of nitrogens with one attached hydrogen (secondary N) is 3. The van der Waals surface area contributed by atoms with Gasteiger partial charge in [-0.1, -0.05) is 32.9 Å². The minimum Gasteiger partial charge on any atom is -0.354 e. The van der Waals surface area contributed by atoms with Gasteiger partial charge in [0.1, 0.15) is 16.4 Å². The van der Waals surface area contributed by atoms with Gasteiger partial charge in [-0.05, 0) is 25.0 Å². The molecule has 219 valence electrons. The molecule has 4 aromatic rings. The second kappa shape index (κ2) is 20.9. The number of nitrogens with two attached hydrogens (primary N) is 3. The van der Waals surface area contributed by atoms with Crippen LogP contribution in [0.15, 0.2) is 24.5 Å². The van der Waals surface area contributed by atoms with Gasteiger partial charge in [-0.25, -0.2) is 10.8 Å². The van der Waals surface area contributed by atoms with E-state index >= 15 is 0 Å². The molecule has 0 aromatic carbocycles. The molecule has 1 radical (unpaired) electrons. The van der Waals surface area contributed by atoms with Gasteiger partial charge < -0.3 is 47.8 Å². The Hall–Kier alpha value is -1.88. The van der Waals surface area contributed by atoms with Gasteiger partial charge in [0.25, 0.3) is 0 Å². The van der Waals surface area contributed by atoms with Crippen molar-refractivity contribution >= 4 is 74.0 Å². The molecule has 0 aliphatic heterocycles. The van der Waals surface area contributed by atoms with Crippen LogP contribution >= 0.6 is 34.2 Å². The van der Waals surface area contributed by atoms with E-state index in [1.54, 1.807) is 0 Å². The van der Waals surface area contributed by atoms with E-state index in [9.17, 15) is 0 Å². The van der Waals surface area contributed by atoms with Crippen molar-refractivity contribution in [2.24, 2.45) is 31.6 Å². The molecule has 0 amide bonds. The fourth-order valence-electron chi connectivity index (χ4n) is 2.98. The molecular weight excluding hydrogens is 670 g/mol. The van der Waals surface area contributed by atoms with E-state index in [0.29, 0.717) is 22.9 Å². The van der Waals surface area contributed by atoms with Crippen molar-refractivity contribution in [3.8, 4) is 0 Å². The molecule has 0 unspecified atom stereocenters. The molecule has 0 bridgehead atoms. The van der Waals surface area contributed by atoms with Crippen LogP contribution in [0.25, 0.3) is 22.1 Å². The maximum atomic E-state index is 6.05. The number of hydrogen-bond donors (Lipinski definition) is 6. The molecule has 0 aliphatic carbocycles. The van der Waals surface area contributed by atoms with Crippen LogP contribution in [0.5, 0.6) is 0 Å². The minimum absolute atomic E-state index is 0. The van der Waals surface area contributed by atoms with Crippen molar-refractivity contribution < 1.29 is 18.6 Å². The monoisotopic (exact) mass is 712 g/mol. The van der Waals surface area contributed by atoms with Gasteiger partial charge in [0.2, 0.25) is 11.9 Å². The van der Waals surface area contributed by atoms with Crippen LogP contribution < -0.4 is 33.6 Å². The largest absolute Gasteiger partial charge is 0.354 e. The molecule has 39 heavy (non-hydrogen) atoms. The number of nitrogen functional groups attached to an aromatic ring is 1. The molecule has 0 atom stereocenters. The molecule has 0 aliphatic rings. The Balaban J connectivity index is 0. The molecule has 0 saturated carbocycles. The van der Waals surface area contributed by atoms with Crippen LogP contribution in [0.2, 0.25) is 5.15 Å². The fraction of sp³-hybridized carbons (Fsp3) is 0.458. The van der Waals surface area contributed by atoms with Gasteiger partial charge in [-0.3, -0.25) is 15.6 Å². The molecule has 15 heteroatoms. The second-order valence-electron chi connectivity index (χ2n) is 7.94. The van der Waals surface area contributed by atoms with E-state index in [4.69, 9.17) is 17.4 Å². The summed E-state index contributed by atoms with van der Waals surface area (Å²) < 4.78 is 5.26. The van der Waals surface area contributed by atoms with E-state index in [-0.39, 0.29) is 26.0 Å². The Bertz CT molecular complexity index is 1210. The van der Waals surface area contributed by atoms with E-state index in [2.05, 4.69) is 98.0 Å². The molecule has 4 aromatic heterocycles. The number of aromatic nitrogens is 6. The summed E-state index contributed by atoms with van der Waals surface area (Å²) in [4.78, 5) is 17.3. The zero-order valence-electron chi connectivity index (χ0n) is 22.8. The summed E-state index contributed by atoms with van der Waals surface area (Å²) in [5.74, 6) is 15.3. The average Bonchev–Trinajstić information content (AvgIpc) is 3.45. The number of anilines is 3. The van der Waals surface area contributed by atoms with Crippen LogP contribution in [0.4, 0.5) is 17.7 Å². The summed E-state index contributed by atoms with van der Waals surface area (Å²) in [5.41, 5.74) is 4.31. The summed E-state index contributed by atoms with van der Waals surface area (Å²) in [6, 6.07) is 3.86. The van der Waals surface area contributed by atoms with Gasteiger partial charge in [-0.15, -0.1) is 0 Å². The molecular formula is C24H43ClIN12V-. The van der Waals surface area contributed by atoms with E-state index in [0.717, 1.165) is 48.0 Å². The third-order valence-corrected chi connectivity index (χ3v) is 4.89. The summed E-state index contributed by atoms with van der Waals surface area (Å²) in [7, 11) is 3.88. The number of rotatable bonds is 7. The Morgan fingerprint density at radius 1 is 0.872 bits per heavy atom. The number of hydrogen-bond acceptors (Lipinski definition) is 10. The normalized spacial score (nSPS) is 9.64. The SMILES string of the molecule is C.CCCNc1nc(Cl)c2ccn(C)c2n1.CCCNc1nc(NN)c2ccn(C)c2n1.C[C-](C)I.NN.[V]. The Kier molecular flexibility index (Phi) is 21.1. The molecule has 12 nitrogen and oxygen atoms in total. The maximum Gasteiger partial charge on any atom is 0.226 e. The van der Waals surface area contributed by atoms with Gasteiger partial charge in [0, 0.05) is 58.1 Å². The van der Waals surface area contributed by atoms with Crippen LogP contribution in [0.1, 0.15) is 48.0 Å². The number of aryl methyl sites for hydroxylation is 2. The van der Waals surface area contributed by atoms with Crippen molar-refractivity contribution in [2.45, 2.75) is 48.0 Å². The number of fused-ring (bicyclic) bond motifs is 2. The summed E-state index contributed by atoms with van der Waals surface area (Å²) in [6.45, 7) is 10.0. The van der Waals surface area contributed by atoms with Crippen LogP contribution in [-0.2, 0) is 32.7 Å². The summed E-state index contributed by atoms with van der Waals surface area (Å²) in [6.07, 6.45) is 5.92. The van der Waals surface area contributed by atoms with E-state index in [1.807, 2.05) is 47.8 Å². The van der Waals surface area contributed by atoms with Gasteiger partial charge in [0.05, 0.1) is 10.8 Å². The fourth-order valence-corrected chi connectivity index (χ4v) is 3.21. The smallest absolute Gasteiger partial charge is 0.226 e. The minimum atomic E-state index is 0. The second-order valence-corrected chi connectivity index (χ2v) is 10.5. The Morgan fingerprint density at radius 3 is 1.72 bits per heavy atom. The van der Waals surface area contributed by atoms with Crippen molar-refractivity contribution in [2.75, 3.05) is 29.1 Å². The third-order valence-electron chi connectivity index (χ3n) is 4.61. The zero-order chi connectivity index (χ0) is 28.0. The molecule has 9 N–H and O–H groups in total. The van der Waals surface area contributed by atoms with Crippen LogP contribution in [0, 0.1) is 3.92 Å². The predicted molar refractivity (Wildman–Crippen MR) is 171 cm³/mol. The number of halogens is 2.